The van der Waals surface area contributed by atoms with Crippen molar-refractivity contribution in [3.05, 3.63) is 59.6 Å². The molecule has 2 rings (SSSR count). The van der Waals surface area contributed by atoms with Gasteiger partial charge in [-0.05, 0) is 43.3 Å². The van der Waals surface area contributed by atoms with Crippen LogP contribution >= 0.6 is 35.1 Å². The van der Waals surface area contributed by atoms with Crippen LogP contribution in [0.3, 0.4) is 0 Å². The maximum absolute atomic E-state index is 5.86. The van der Waals surface area contributed by atoms with Gasteiger partial charge in [0, 0.05) is 14.8 Å². The van der Waals surface area contributed by atoms with E-state index in [1.54, 1.807) is 0 Å². The molecule has 0 aliphatic carbocycles. The van der Waals surface area contributed by atoms with E-state index >= 15 is 0 Å². The molecule has 0 aliphatic rings. The van der Waals surface area contributed by atoms with Crippen molar-refractivity contribution in [1.29, 1.82) is 0 Å². The molecule has 0 aromatic heterocycles. The fourth-order valence-electron chi connectivity index (χ4n) is 1.42. The molecule has 0 fully saturated rings. The molecule has 0 saturated carbocycles. The lowest BCUT2D eigenvalue weighted by molar-refractivity contribution is 1.35. The molecule has 0 N–H and O–H groups in total. The van der Waals surface area contributed by atoms with Crippen molar-refractivity contribution < 1.29 is 0 Å². The Kier molecular flexibility index (Phi) is 4.84. The summed E-state index contributed by atoms with van der Waals surface area (Å²) >= 11 is 9.59. The van der Waals surface area contributed by atoms with Crippen molar-refractivity contribution in [1.82, 2.24) is 0 Å². The summed E-state index contributed by atoms with van der Waals surface area (Å²) in [7, 11) is 0. The Morgan fingerprint density at radius 2 is 1.35 bits per heavy atom. The molecule has 0 nitrogen and oxygen atoms in total. The topological polar surface area (TPSA) is 0 Å². The number of hydrogen-bond donors (Lipinski definition) is 0. The standard InChI is InChI=1S/C14H13ClS2/c1-11(16-13-5-3-2-4-6-13)17-14-9-7-12(15)8-10-14/h2-11H,1H3. The van der Waals surface area contributed by atoms with Crippen LogP contribution in [-0.2, 0) is 0 Å². The van der Waals surface area contributed by atoms with Crippen LogP contribution in [0.15, 0.2) is 64.4 Å². The zero-order chi connectivity index (χ0) is 12.1. The quantitative estimate of drug-likeness (QED) is 0.530. The first-order chi connectivity index (χ1) is 8.24. The number of halogens is 1. The Balaban J connectivity index is 1.93. The van der Waals surface area contributed by atoms with Crippen molar-refractivity contribution in [3.63, 3.8) is 0 Å². The van der Waals surface area contributed by atoms with E-state index in [1.165, 1.54) is 9.79 Å². The highest BCUT2D eigenvalue weighted by Crippen LogP contribution is 2.35. The van der Waals surface area contributed by atoms with E-state index in [4.69, 9.17) is 11.6 Å². The van der Waals surface area contributed by atoms with Crippen LogP contribution in [0.5, 0.6) is 0 Å². The Morgan fingerprint density at radius 1 is 0.824 bits per heavy atom. The summed E-state index contributed by atoms with van der Waals surface area (Å²) in [6.45, 7) is 2.22. The van der Waals surface area contributed by atoms with Gasteiger partial charge >= 0.3 is 0 Å². The van der Waals surface area contributed by atoms with Gasteiger partial charge in [0.1, 0.15) is 0 Å². The maximum atomic E-state index is 5.86. The molecule has 0 amide bonds. The molecule has 88 valence electrons. The first-order valence-electron chi connectivity index (χ1n) is 5.38. The molecule has 2 aromatic rings. The normalized spacial score (nSPS) is 12.4. The molecule has 2 aromatic carbocycles. The second-order valence-electron chi connectivity index (χ2n) is 3.57. The second-order valence-corrected chi connectivity index (χ2v) is 7.13. The molecule has 1 atom stereocenters. The summed E-state index contributed by atoms with van der Waals surface area (Å²) in [5.74, 6) is 0. The summed E-state index contributed by atoms with van der Waals surface area (Å²) in [5, 5.41) is 0.790. The zero-order valence-electron chi connectivity index (χ0n) is 9.47. The van der Waals surface area contributed by atoms with Gasteiger partial charge in [-0.15, -0.1) is 23.5 Å². The average molecular weight is 281 g/mol. The van der Waals surface area contributed by atoms with Crippen molar-refractivity contribution in [2.24, 2.45) is 0 Å². The highest BCUT2D eigenvalue weighted by atomic mass is 35.5. The minimum Gasteiger partial charge on any atom is -0.112 e. The van der Waals surface area contributed by atoms with Gasteiger partial charge in [-0.1, -0.05) is 29.8 Å². The predicted molar refractivity (Wildman–Crippen MR) is 79.1 cm³/mol. The zero-order valence-corrected chi connectivity index (χ0v) is 11.9. The molecule has 0 bridgehead atoms. The van der Waals surface area contributed by atoms with Gasteiger partial charge < -0.3 is 0 Å². The maximum Gasteiger partial charge on any atom is 0.0568 e. The Labute approximate surface area is 116 Å². The van der Waals surface area contributed by atoms with E-state index in [9.17, 15) is 0 Å². The fourth-order valence-corrected chi connectivity index (χ4v) is 3.78. The molecular weight excluding hydrogens is 268 g/mol. The van der Waals surface area contributed by atoms with Crippen molar-refractivity contribution >= 4 is 35.1 Å². The van der Waals surface area contributed by atoms with Crippen LogP contribution in [0.1, 0.15) is 6.92 Å². The monoisotopic (exact) mass is 280 g/mol. The average Bonchev–Trinajstić information content (AvgIpc) is 2.33. The van der Waals surface area contributed by atoms with Gasteiger partial charge in [-0.2, -0.15) is 0 Å². The molecule has 0 aliphatic heterocycles. The molecule has 0 heterocycles. The minimum absolute atomic E-state index is 0.485. The van der Waals surface area contributed by atoms with Gasteiger partial charge in [-0.25, -0.2) is 0 Å². The van der Waals surface area contributed by atoms with Gasteiger partial charge in [0.2, 0.25) is 0 Å². The molecule has 3 heteroatoms. The Morgan fingerprint density at radius 3 is 1.94 bits per heavy atom. The lowest BCUT2D eigenvalue weighted by Gasteiger charge is -2.10. The molecular formula is C14H13ClS2. The lowest BCUT2D eigenvalue weighted by Crippen LogP contribution is -1.88. The smallest absolute Gasteiger partial charge is 0.0568 e. The van der Waals surface area contributed by atoms with Crippen LogP contribution in [0.4, 0.5) is 0 Å². The Bertz CT molecular complexity index is 453. The summed E-state index contributed by atoms with van der Waals surface area (Å²) in [6, 6.07) is 18.5. The summed E-state index contributed by atoms with van der Waals surface area (Å²) in [6.07, 6.45) is 0. The largest absolute Gasteiger partial charge is 0.112 e. The predicted octanol–water partition coefficient (Wildman–Crippen LogP) is 5.57. The van der Waals surface area contributed by atoms with Crippen LogP contribution in [0, 0.1) is 0 Å². The summed E-state index contributed by atoms with van der Waals surface area (Å²) < 4.78 is 0.485. The second kappa shape index (κ2) is 6.39. The number of benzene rings is 2. The van der Waals surface area contributed by atoms with E-state index in [1.807, 2.05) is 41.7 Å². The van der Waals surface area contributed by atoms with Crippen LogP contribution in [0.2, 0.25) is 5.02 Å². The van der Waals surface area contributed by atoms with Crippen LogP contribution in [0.25, 0.3) is 0 Å². The highest BCUT2D eigenvalue weighted by molar-refractivity contribution is 8.17. The molecule has 17 heavy (non-hydrogen) atoms. The van der Waals surface area contributed by atoms with E-state index < -0.39 is 0 Å². The molecule has 0 radical (unpaired) electrons. The van der Waals surface area contributed by atoms with E-state index in [2.05, 4.69) is 43.3 Å². The van der Waals surface area contributed by atoms with E-state index in [-0.39, 0.29) is 0 Å². The van der Waals surface area contributed by atoms with Gasteiger partial charge in [0.25, 0.3) is 0 Å². The number of rotatable bonds is 4. The number of thioether (sulfide) groups is 2. The van der Waals surface area contributed by atoms with E-state index in [0.29, 0.717) is 4.58 Å². The van der Waals surface area contributed by atoms with Crippen molar-refractivity contribution in [2.75, 3.05) is 0 Å². The van der Waals surface area contributed by atoms with E-state index in [0.717, 1.165) is 5.02 Å². The molecule has 0 saturated heterocycles. The third-order valence-corrected chi connectivity index (χ3v) is 4.74. The lowest BCUT2D eigenvalue weighted by atomic mass is 10.4. The third kappa shape index (κ3) is 4.30. The SMILES string of the molecule is CC(Sc1ccccc1)Sc1ccc(Cl)cc1. The first-order valence-corrected chi connectivity index (χ1v) is 7.52. The van der Waals surface area contributed by atoms with Crippen LogP contribution < -0.4 is 0 Å². The Hall–Kier alpha value is -0.570. The van der Waals surface area contributed by atoms with Gasteiger partial charge in [0.05, 0.1) is 4.58 Å². The first kappa shape index (κ1) is 12.9. The molecule has 1 unspecified atom stereocenters. The molecule has 0 spiro atoms. The highest BCUT2D eigenvalue weighted by Gasteiger charge is 2.05. The van der Waals surface area contributed by atoms with Gasteiger partial charge in [-0.3, -0.25) is 0 Å². The van der Waals surface area contributed by atoms with Crippen LogP contribution in [-0.4, -0.2) is 4.58 Å². The summed E-state index contributed by atoms with van der Waals surface area (Å²) in [4.78, 5) is 2.56. The third-order valence-electron chi connectivity index (χ3n) is 2.16. The van der Waals surface area contributed by atoms with Crippen molar-refractivity contribution in [2.45, 2.75) is 21.3 Å². The van der Waals surface area contributed by atoms with Crippen molar-refractivity contribution in [3.8, 4) is 0 Å². The minimum atomic E-state index is 0.485. The summed E-state index contributed by atoms with van der Waals surface area (Å²) in [5.41, 5.74) is 0. The van der Waals surface area contributed by atoms with Gasteiger partial charge in [0.15, 0.2) is 0 Å². The fraction of sp³-hybridized carbons (Fsp3) is 0.143. The number of hydrogen-bond acceptors (Lipinski definition) is 2.